The van der Waals surface area contributed by atoms with Crippen molar-refractivity contribution in [3.8, 4) is 11.1 Å². The van der Waals surface area contributed by atoms with Crippen LogP contribution in [0, 0.1) is 0 Å². The van der Waals surface area contributed by atoms with Crippen LogP contribution >= 0.6 is 46.4 Å². The van der Waals surface area contributed by atoms with Gasteiger partial charge in [0.05, 0.1) is 0 Å². The summed E-state index contributed by atoms with van der Waals surface area (Å²) in [7, 11) is 0. The average molecular weight is 695 g/mol. The Labute approximate surface area is 296 Å². The first kappa shape index (κ1) is 31.7. The molecule has 0 fully saturated rings. The normalized spacial score (nSPS) is 12.8. The second kappa shape index (κ2) is 12.9. The van der Waals surface area contributed by atoms with E-state index in [4.69, 9.17) is 46.4 Å². The third-order valence-corrected chi connectivity index (χ3v) is 10.3. The fourth-order valence-electron chi connectivity index (χ4n) is 7.12. The highest BCUT2D eigenvalue weighted by Crippen LogP contribution is 2.55. The molecule has 6 heteroatoms. The molecule has 47 heavy (non-hydrogen) atoms. The number of benzene rings is 6. The van der Waals surface area contributed by atoms with Crippen LogP contribution in [0.1, 0.15) is 37.8 Å². The zero-order valence-electron chi connectivity index (χ0n) is 26.0. The molecule has 0 radical (unpaired) electrons. The maximum Gasteiger partial charge on any atom is 0.0476 e. The SMILES string of the molecule is CCC1(CC)c2cc(N(c3cccc(Cl)c3)c3cccc(Cl)c3)ccc2-c2ccc(N(c3cccc(Cl)c3)c3cccc(Cl)c3)cc21. The monoisotopic (exact) mass is 692 g/mol. The second-order valence-corrected chi connectivity index (χ2v) is 13.6. The molecule has 0 atom stereocenters. The summed E-state index contributed by atoms with van der Waals surface area (Å²) in [5.41, 5.74) is 10.9. The predicted molar refractivity (Wildman–Crippen MR) is 203 cm³/mol. The maximum atomic E-state index is 6.51. The number of fused-ring (bicyclic) bond motifs is 3. The van der Waals surface area contributed by atoms with Crippen molar-refractivity contribution < 1.29 is 0 Å². The molecule has 0 aromatic heterocycles. The highest BCUT2D eigenvalue weighted by molar-refractivity contribution is 6.32. The molecule has 6 aromatic carbocycles. The molecule has 0 saturated carbocycles. The van der Waals surface area contributed by atoms with Crippen molar-refractivity contribution in [2.45, 2.75) is 32.1 Å². The van der Waals surface area contributed by atoms with Gasteiger partial charge in [-0.1, -0.05) is 96.6 Å². The first-order chi connectivity index (χ1) is 22.8. The van der Waals surface area contributed by atoms with Gasteiger partial charge in [0.2, 0.25) is 0 Å². The Hall–Kier alpha value is -3.92. The Bertz CT molecular complexity index is 1860. The summed E-state index contributed by atoms with van der Waals surface area (Å²) in [6.07, 6.45) is 1.89. The van der Waals surface area contributed by atoms with Crippen LogP contribution in [-0.4, -0.2) is 0 Å². The van der Waals surface area contributed by atoms with E-state index in [9.17, 15) is 0 Å². The molecule has 1 aliphatic carbocycles. The Morgan fingerprint density at radius 3 is 0.979 bits per heavy atom. The summed E-state index contributed by atoms with van der Waals surface area (Å²) >= 11 is 26.1. The molecule has 0 aliphatic heterocycles. The Morgan fingerprint density at radius 1 is 0.404 bits per heavy atom. The number of anilines is 6. The van der Waals surface area contributed by atoms with E-state index in [1.807, 2.05) is 72.8 Å². The topological polar surface area (TPSA) is 6.48 Å². The third-order valence-electron chi connectivity index (χ3n) is 9.32. The van der Waals surface area contributed by atoms with Gasteiger partial charge in [-0.2, -0.15) is 0 Å². The Balaban J connectivity index is 1.40. The maximum absolute atomic E-state index is 6.51. The van der Waals surface area contributed by atoms with Crippen LogP contribution in [0.4, 0.5) is 34.1 Å². The second-order valence-electron chi connectivity index (χ2n) is 11.8. The first-order valence-corrected chi connectivity index (χ1v) is 17.2. The fraction of sp³-hybridized carbons (Fsp3) is 0.122. The molecular weight excluding hydrogens is 662 g/mol. The number of nitrogens with zero attached hydrogens (tertiary/aromatic N) is 2. The largest absolute Gasteiger partial charge is 0.310 e. The molecule has 0 spiro atoms. The molecule has 0 saturated heterocycles. The molecular formula is C41H32Cl4N2. The van der Waals surface area contributed by atoms with E-state index in [1.54, 1.807) is 0 Å². The molecule has 0 bridgehead atoms. The Morgan fingerprint density at radius 2 is 0.702 bits per heavy atom. The summed E-state index contributed by atoms with van der Waals surface area (Å²) in [5, 5.41) is 2.71. The lowest BCUT2D eigenvalue weighted by molar-refractivity contribution is 0.490. The molecule has 7 rings (SSSR count). The lowest BCUT2D eigenvalue weighted by atomic mass is 9.73. The zero-order chi connectivity index (χ0) is 32.7. The van der Waals surface area contributed by atoms with Crippen molar-refractivity contribution in [1.82, 2.24) is 0 Å². The molecule has 0 N–H and O–H groups in total. The van der Waals surface area contributed by atoms with E-state index in [0.717, 1.165) is 47.0 Å². The van der Waals surface area contributed by atoms with Crippen molar-refractivity contribution in [2.24, 2.45) is 0 Å². The highest BCUT2D eigenvalue weighted by atomic mass is 35.5. The summed E-state index contributed by atoms with van der Waals surface area (Å²) in [4.78, 5) is 4.45. The predicted octanol–water partition coefficient (Wildman–Crippen LogP) is 14.3. The minimum absolute atomic E-state index is 0.195. The van der Waals surface area contributed by atoms with Crippen molar-refractivity contribution in [3.05, 3.63) is 165 Å². The van der Waals surface area contributed by atoms with Gasteiger partial charge >= 0.3 is 0 Å². The molecule has 2 nitrogen and oxygen atoms in total. The molecule has 0 amide bonds. The standard InChI is InChI=1S/C41H32Cl4N2/c1-3-41(4-2)39-25-35(46(31-13-5-9-27(42)21-31)32-14-6-10-28(43)22-32)17-19-37(39)38-20-18-36(26-40(38)41)47(33-15-7-11-29(44)23-33)34-16-8-12-30(45)24-34/h5-26H,3-4H2,1-2H3. The van der Waals surface area contributed by atoms with Crippen molar-refractivity contribution in [2.75, 3.05) is 9.80 Å². The number of rotatable bonds is 8. The molecule has 0 unspecified atom stereocenters. The highest BCUT2D eigenvalue weighted by Gasteiger charge is 2.41. The van der Waals surface area contributed by atoms with E-state index in [2.05, 4.69) is 84.3 Å². The smallest absolute Gasteiger partial charge is 0.0476 e. The van der Waals surface area contributed by atoms with Crippen LogP contribution in [0.3, 0.4) is 0 Å². The first-order valence-electron chi connectivity index (χ1n) is 15.7. The van der Waals surface area contributed by atoms with E-state index < -0.39 is 0 Å². The van der Waals surface area contributed by atoms with Gasteiger partial charge in [0.25, 0.3) is 0 Å². The molecule has 6 aromatic rings. The van der Waals surface area contributed by atoms with Crippen molar-refractivity contribution in [1.29, 1.82) is 0 Å². The van der Waals surface area contributed by atoms with Crippen LogP contribution in [0.25, 0.3) is 11.1 Å². The lowest BCUT2D eigenvalue weighted by Gasteiger charge is -2.33. The van der Waals surface area contributed by atoms with Crippen LogP contribution in [-0.2, 0) is 5.41 Å². The lowest BCUT2D eigenvalue weighted by Crippen LogP contribution is -2.24. The zero-order valence-corrected chi connectivity index (χ0v) is 29.0. The van der Waals surface area contributed by atoms with E-state index in [1.165, 1.54) is 22.3 Å². The van der Waals surface area contributed by atoms with Gasteiger partial charge in [0, 0.05) is 59.6 Å². The molecule has 1 aliphatic rings. The van der Waals surface area contributed by atoms with E-state index in [-0.39, 0.29) is 5.41 Å². The van der Waals surface area contributed by atoms with Crippen LogP contribution in [0.2, 0.25) is 20.1 Å². The van der Waals surface area contributed by atoms with Crippen molar-refractivity contribution >= 4 is 80.5 Å². The third kappa shape index (κ3) is 5.79. The van der Waals surface area contributed by atoms with Crippen LogP contribution in [0.5, 0.6) is 0 Å². The van der Waals surface area contributed by atoms with Gasteiger partial charge in [0.15, 0.2) is 0 Å². The fourth-order valence-corrected chi connectivity index (χ4v) is 7.85. The summed E-state index contributed by atoms with van der Waals surface area (Å²) in [6.45, 7) is 4.58. The number of hydrogen-bond acceptors (Lipinski definition) is 2. The molecule has 0 heterocycles. The average Bonchev–Trinajstić information content (AvgIpc) is 3.34. The van der Waals surface area contributed by atoms with Gasteiger partial charge in [-0.3, -0.25) is 0 Å². The van der Waals surface area contributed by atoms with Crippen molar-refractivity contribution in [3.63, 3.8) is 0 Å². The number of halogens is 4. The number of hydrogen-bond donors (Lipinski definition) is 0. The minimum atomic E-state index is -0.195. The van der Waals surface area contributed by atoms with Gasteiger partial charge in [-0.25, -0.2) is 0 Å². The van der Waals surface area contributed by atoms with Gasteiger partial charge in [-0.05, 0) is 132 Å². The minimum Gasteiger partial charge on any atom is -0.310 e. The summed E-state index contributed by atoms with van der Waals surface area (Å²) < 4.78 is 0. The summed E-state index contributed by atoms with van der Waals surface area (Å²) in [6, 6.07) is 45.4. The van der Waals surface area contributed by atoms with Gasteiger partial charge in [0.1, 0.15) is 0 Å². The molecule has 234 valence electrons. The quantitative estimate of drug-likeness (QED) is 0.157. The van der Waals surface area contributed by atoms with E-state index >= 15 is 0 Å². The Kier molecular flexibility index (Phi) is 8.72. The van der Waals surface area contributed by atoms with Gasteiger partial charge < -0.3 is 9.80 Å². The van der Waals surface area contributed by atoms with Crippen LogP contribution in [0.15, 0.2) is 133 Å². The van der Waals surface area contributed by atoms with Gasteiger partial charge in [-0.15, -0.1) is 0 Å². The van der Waals surface area contributed by atoms with Crippen LogP contribution < -0.4 is 9.80 Å². The summed E-state index contributed by atoms with van der Waals surface area (Å²) in [5.74, 6) is 0. The van der Waals surface area contributed by atoms with E-state index in [0.29, 0.717) is 20.1 Å².